The van der Waals surface area contributed by atoms with E-state index in [1.165, 1.54) is 5.56 Å². The maximum absolute atomic E-state index is 10.1. The Kier molecular flexibility index (Phi) is 7.63. The van der Waals surface area contributed by atoms with Gasteiger partial charge in [-0.3, -0.25) is 0 Å². The largest absolute Gasteiger partial charge is 0.491 e. The van der Waals surface area contributed by atoms with E-state index >= 15 is 0 Å². The van der Waals surface area contributed by atoms with Crippen LogP contribution < -0.4 is 4.74 Å². The van der Waals surface area contributed by atoms with Crippen molar-refractivity contribution in [2.45, 2.75) is 46.1 Å². The lowest BCUT2D eigenvalue weighted by atomic mass is 9.98. The van der Waals surface area contributed by atoms with E-state index in [-0.39, 0.29) is 0 Å². The van der Waals surface area contributed by atoms with Crippen molar-refractivity contribution in [3.05, 3.63) is 29.8 Å². The Morgan fingerprint density at radius 2 is 1.80 bits per heavy atom. The summed E-state index contributed by atoms with van der Waals surface area (Å²) in [6.07, 6.45) is 0.641. The third-order valence-corrected chi connectivity index (χ3v) is 3.86. The van der Waals surface area contributed by atoms with Gasteiger partial charge in [0.25, 0.3) is 0 Å². The summed E-state index contributed by atoms with van der Waals surface area (Å²) in [5.41, 5.74) is 1.23. The van der Waals surface area contributed by atoms with E-state index in [4.69, 9.17) is 4.74 Å². The predicted molar refractivity (Wildman–Crippen MR) is 84.4 cm³/mol. The molecule has 20 heavy (non-hydrogen) atoms. The van der Waals surface area contributed by atoms with Gasteiger partial charge < -0.3 is 14.7 Å². The second-order valence-corrected chi connectivity index (χ2v) is 5.30. The van der Waals surface area contributed by atoms with E-state index in [0.717, 1.165) is 25.3 Å². The number of aliphatic hydroxyl groups excluding tert-OH is 1. The van der Waals surface area contributed by atoms with Crippen molar-refractivity contribution in [2.24, 2.45) is 0 Å². The van der Waals surface area contributed by atoms with E-state index in [1.807, 2.05) is 18.2 Å². The molecule has 0 aliphatic carbocycles. The van der Waals surface area contributed by atoms with E-state index in [2.05, 4.69) is 38.7 Å². The second kappa shape index (κ2) is 8.98. The Morgan fingerprint density at radius 1 is 1.15 bits per heavy atom. The fourth-order valence-electron chi connectivity index (χ4n) is 2.26. The van der Waals surface area contributed by atoms with E-state index in [1.54, 1.807) is 0 Å². The number of benzene rings is 1. The number of aliphatic hydroxyl groups is 1. The molecule has 0 saturated carbocycles. The molecule has 0 unspecified atom stereocenters. The molecule has 0 fully saturated rings. The molecule has 3 heteroatoms. The summed E-state index contributed by atoms with van der Waals surface area (Å²) in [4.78, 5) is 2.20. The molecule has 0 aliphatic heterocycles. The van der Waals surface area contributed by atoms with Gasteiger partial charge in [-0.2, -0.15) is 0 Å². The number of ether oxygens (including phenoxy) is 1. The van der Waals surface area contributed by atoms with Crippen LogP contribution in [0.3, 0.4) is 0 Å². The van der Waals surface area contributed by atoms with Gasteiger partial charge in [0.2, 0.25) is 0 Å². The first kappa shape index (κ1) is 17.0. The molecule has 1 aromatic rings. The van der Waals surface area contributed by atoms with Gasteiger partial charge in [0.05, 0.1) is 0 Å². The van der Waals surface area contributed by atoms with Crippen molar-refractivity contribution in [1.82, 2.24) is 4.90 Å². The van der Waals surface area contributed by atoms with Crippen LogP contribution in [0.15, 0.2) is 24.3 Å². The molecule has 0 spiro atoms. The molecule has 3 nitrogen and oxygen atoms in total. The average molecular weight is 279 g/mol. The first-order valence-electron chi connectivity index (χ1n) is 7.74. The maximum atomic E-state index is 10.1. The molecular formula is C17H29NO2. The molecule has 1 N–H and O–H groups in total. The van der Waals surface area contributed by atoms with Crippen LogP contribution in [0, 0.1) is 0 Å². The number of hydrogen-bond donors (Lipinski definition) is 1. The Bertz CT molecular complexity index is 377. The third kappa shape index (κ3) is 5.14. The summed E-state index contributed by atoms with van der Waals surface area (Å²) < 4.78 is 5.84. The molecular weight excluding hydrogens is 250 g/mol. The Hall–Kier alpha value is -1.06. The molecule has 0 aliphatic rings. The topological polar surface area (TPSA) is 32.7 Å². The molecule has 1 rings (SSSR count). The molecule has 0 radical (unpaired) electrons. The highest BCUT2D eigenvalue weighted by Crippen LogP contribution is 2.28. The van der Waals surface area contributed by atoms with Crippen LogP contribution in [0.25, 0.3) is 0 Å². The third-order valence-electron chi connectivity index (χ3n) is 3.86. The van der Waals surface area contributed by atoms with Gasteiger partial charge in [0.15, 0.2) is 0 Å². The zero-order valence-corrected chi connectivity index (χ0v) is 13.3. The monoisotopic (exact) mass is 279 g/mol. The van der Waals surface area contributed by atoms with E-state index in [9.17, 15) is 5.11 Å². The smallest absolute Gasteiger partial charge is 0.122 e. The first-order valence-corrected chi connectivity index (χ1v) is 7.74. The van der Waals surface area contributed by atoms with E-state index in [0.29, 0.717) is 19.1 Å². The number of para-hydroxylation sites is 1. The van der Waals surface area contributed by atoms with E-state index < -0.39 is 6.10 Å². The summed E-state index contributed by atoms with van der Waals surface area (Å²) in [6, 6.07) is 8.13. The van der Waals surface area contributed by atoms with Crippen molar-refractivity contribution < 1.29 is 9.84 Å². The molecule has 2 atom stereocenters. The predicted octanol–water partition coefficient (Wildman–Crippen LogP) is 3.28. The molecule has 0 heterocycles. The lowest BCUT2D eigenvalue weighted by Crippen LogP contribution is -2.35. The highest BCUT2D eigenvalue weighted by atomic mass is 16.5. The quantitative estimate of drug-likeness (QED) is 0.753. The lowest BCUT2D eigenvalue weighted by Gasteiger charge is -2.23. The zero-order chi connectivity index (χ0) is 15.0. The summed E-state index contributed by atoms with van der Waals surface area (Å²) in [6.45, 7) is 11.5. The number of nitrogens with zero attached hydrogens (tertiary/aromatic N) is 1. The number of likely N-dealkylation sites (N-methyl/N-ethyl adjacent to an activating group) is 1. The van der Waals surface area contributed by atoms with Crippen LogP contribution in [0.4, 0.5) is 0 Å². The van der Waals surface area contributed by atoms with Crippen molar-refractivity contribution >= 4 is 0 Å². The second-order valence-electron chi connectivity index (χ2n) is 5.30. The fourth-order valence-corrected chi connectivity index (χ4v) is 2.26. The SMILES string of the molecule is CC[C@H](C)c1ccccc1OC[C@H](O)CN(CC)CC. The van der Waals surface area contributed by atoms with Gasteiger partial charge in [0, 0.05) is 6.54 Å². The van der Waals surface area contributed by atoms with Crippen molar-refractivity contribution in [1.29, 1.82) is 0 Å². The minimum absolute atomic E-state index is 0.351. The van der Waals surface area contributed by atoms with Gasteiger partial charge in [-0.15, -0.1) is 0 Å². The zero-order valence-electron chi connectivity index (χ0n) is 13.3. The van der Waals surface area contributed by atoms with Crippen LogP contribution in [0.5, 0.6) is 5.75 Å². The summed E-state index contributed by atoms with van der Waals surface area (Å²) in [5, 5.41) is 10.1. The fraction of sp³-hybridized carbons (Fsp3) is 0.647. The number of hydrogen-bond acceptors (Lipinski definition) is 3. The normalized spacial score (nSPS) is 14.3. The molecule has 1 aromatic carbocycles. The minimum atomic E-state index is -0.445. The first-order chi connectivity index (χ1) is 9.62. The summed E-state index contributed by atoms with van der Waals surface area (Å²) in [7, 11) is 0. The number of rotatable bonds is 9. The van der Waals surface area contributed by atoms with Crippen LogP contribution in [-0.4, -0.2) is 42.4 Å². The summed E-state index contributed by atoms with van der Waals surface area (Å²) >= 11 is 0. The molecule has 0 aromatic heterocycles. The van der Waals surface area contributed by atoms with Crippen LogP contribution in [-0.2, 0) is 0 Å². The van der Waals surface area contributed by atoms with Gasteiger partial charge >= 0.3 is 0 Å². The highest BCUT2D eigenvalue weighted by Gasteiger charge is 2.13. The Morgan fingerprint density at radius 3 is 2.40 bits per heavy atom. The highest BCUT2D eigenvalue weighted by molar-refractivity contribution is 5.35. The molecule has 0 bridgehead atoms. The lowest BCUT2D eigenvalue weighted by molar-refractivity contribution is 0.0711. The van der Waals surface area contributed by atoms with Gasteiger partial charge in [-0.05, 0) is 37.1 Å². The Labute approximate surface area is 123 Å². The van der Waals surface area contributed by atoms with Crippen molar-refractivity contribution in [3.8, 4) is 5.75 Å². The average Bonchev–Trinajstić information content (AvgIpc) is 2.50. The molecule has 0 saturated heterocycles. The van der Waals surface area contributed by atoms with Gasteiger partial charge in [0.1, 0.15) is 18.5 Å². The van der Waals surface area contributed by atoms with Crippen LogP contribution >= 0.6 is 0 Å². The van der Waals surface area contributed by atoms with Gasteiger partial charge in [-0.25, -0.2) is 0 Å². The van der Waals surface area contributed by atoms with Crippen LogP contribution in [0.2, 0.25) is 0 Å². The Balaban J connectivity index is 2.57. The van der Waals surface area contributed by atoms with Gasteiger partial charge in [-0.1, -0.05) is 45.9 Å². The van der Waals surface area contributed by atoms with Crippen molar-refractivity contribution in [3.63, 3.8) is 0 Å². The standard InChI is InChI=1S/C17H29NO2/c1-5-14(4)16-10-8-9-11-17(16)20-13-15(19)12-18(6-2)7-3/h8-11,14-15,19H,5-7,12-13H2,1-4H3/t14-,15+/m0/s1. The summed E-state index contributed by atoms with van der Waals surface area (Å²) in [5.74, 6) is 1.38. The van der Waals surface area contributed by atoms with Crippen LogP contribution in [0.1, 0.15) is 45.6 Å². The van der Waals surface area contributed by atoms with Crippen molar-refractivity contribution in [2.75, 3.05) is 26.2 Å². The maximum Gasteiger partial charge on any atom is 0.122 e. The minimum Gasteiger partial charge on any atom is -0.491 e. The molecule has 0 amide bonds. The molecule has 114 valence electrons.